The van der Waals surface area contributed by atoms with Crippen LogP contribution in [0.15, 0.2) is 4.99 Å². The molecule has 0 radical (unpaired) electrons. The fraction of sp³-hybridized carbons (Fsp3) is 0.938. The quantitative estimate of drug-likeness (QED) is 0.254. The SMILES string of the molecule is CN=C(NCCCS(C)(=O)=O)NCC1(CC(C)C)CCCC1.I. The second-order valence-corrected chi connectivity index (χ2v) is 9.40. The van der Waals surface area contributed by atoms with Crippen LogP contribution < -0.4 is 10.6 Å². The van der Waals surface area contributed by atoms with Gasteiger partial charge in [0.25, 0.3) is 0 Å². The van der Waals surface area contributed by atoms with Gasteiger partial charge in [0.2, 0.25) is 0 Å². The highest BCUT2D eigenvalue weighted by molar-refractivity contribution is 14.0. The lowest BCUT2D eigenvalue weighted by atomic mass is 9.78. The van der Waals surface area contributed by atoms with Crippen molar-refractivity contribution in [1.29, 1.82) is 0 Å². The zero-order valence-electron chi connectivity index (χ0n) is 15.0. The topological polar surface area (TPSA) is 70.6 Å². The van der Waals surface area contributed by atoms with Crippen LogP contribution in [0.4, 0.5) is 0 Å². The van der Waals surface area contributed by atoms with Crippen molar-refractivity contribution in [2.75, 3.05) is 32.1 Å². The van der Waals surface area contributed by atoms with E-state index in [1.54, 1.807) is 7.05 Å². The largest absolute Gasteiger partial charge is 0.356 e. The monoisotopic (exact) mass is 459 g/mol. The predicted octanol–water partition coefficient (Wildman–Crippen LogP) is 2.81. The number of rotatable bonds is 8. The first-order valence-electron chi connectivity index (χ1n) is 8.39. The predicted molar refractivity (Wildman–Crippen MR) is 109 cm³/mol. The molecule has 0 saturated heterocycles. The second-order valence-electron chi connectivity index (χ2n) is 7.14. The number of aliphatic imine (C=N–C) groups is 1. The normalized spacial score (nSPS) is 17.9. The zero-order valence-corrected chi connectivity index (χ0v) is 18.2. The highest BCUT2D eigenvalue weighted by Gasteiger charge is 2.34. The summed E-state index contributed by atoms with van der Waals surface area (Å²) in [5.74, 6) is 1.71. The van der Waals surface area contributed by atoms with Crippen molar-refractivity contribution in [3.8, 4) is 0 Å². The maximum Gasteiger partial charge on any atom is 0.190 e. The Bertz CT molecular complexity index is 458. The molecule has 5 nitrogen and oxygen atoms in total. The third kappa shape index (κ3) is 9.74. The van der Waals surface area contributed by atoms with Crippen LogP contribution in [0.5, 0.6) is 0 Å². The smallest absolute Gasteiger partial charge is 0.190 e. The van der Waals surface area contributed by atoms with E-state index >= 15 is 0 Å². The molecule has 0 aromatic carbocycles. The number of guanidine groups is 1. The van der Waals surface area contributed by atoms with E-state index in [1.807, 2.05) is 0 Å². The summed E-state index contributed by atoms with van der Waals surface area (Å²) < 4.78 is 22.2. The van der Waals surface area contributed by atoms with E-state index in [-0.39, 0.29) is 29.7 Å². The fourth-order valence-corrected chi connectivity index (χ4v) is 4.15. The minimum Gasteiger partial charge on any atom is -0.356 e. The Hall–Kier alpha value is -0.0500. The zero-order chi connectivity index (χ0) is 16.6. The van der Waals surface area contributed by atoms with Crippen LogP contribution in [0.25, 0.3) is 0 Å². The maximum absolute atomic E-state index is 11.1. The Morgan fingerprint density at radius 1 is 1.22 bits per heavy atom. The molecule has 0 aromatic rings. The second kappa shape index (κ2) is 10.7. The molecule has 1 aliphatic rings. The molecule has 2 N–H and O–H groups in total. The summed E-state index contributed by atoms with van der Waals surface area (Å²) in [4.78, 5) is 4.24. The first kappa shape index (κ1) is 22.9. The Kier molecular flexibility index (Phi) is 10.7. The van der Waals surface area contributed by atoms with Gasteiger partial charge < -0.3 is 10.6 Å². The van der Waals surface area contributed by atoms with Crippen LogP contribution >= 0.6 is 24.0 Å². The Labute approximate surface area is 159 Å². The third-order valence-electron chi connectivity index (χ3n) is 4.34. The lowest BCUT2D eigenvalue weighted by molar-refractivity contribution is 0.235. The molecule has 138 valence electrons. The van der Waals surface area contributed by atoms with Gasteiger partial charge in [-0.3, -0.25) is 4.99 Å². The molecule has 0 aliphatic heterocycles. The summed E-state index contributed by atoms with van der Waals surface area (Å²) in [6.45, 7) is 6.16. The van der Waals surface area contributed by atoms with E-state index in [2.05, 4.69) is 29.5 Å². The van der Waals surface area contributed by atoms with Gasteiger partial charge in [-0.05, 0) is 37.0 Å². The molecule has 23 heavy (non-hydrogen) atoms. The van der Waals surface area contributed by atoms with Crippen LogP contribution in [0.1, 0.15) is 52.4 Å². The minimum absolute atomic E-state index is 0. The van der Waals surface area contributed by atoms with E-state index in [0.717, 1.165) is 12.5 Å². The number of nitrogens with zero attached hydrogens (tertiary/aromatic N) is 1. The highest BCUT2D eigenvalue weighted by atomic mass is 127. The number of nitrogens with one attached hydrogen (secondary N) is 2. The van der Waals surface area contributed by atoms with Crippen molar-refractivity contribution < 1.29 is 8.42 Å². The van der Waals surface area contributed by atoms with Crippen LogP contribution in [0, 0.1) is 11.3 Å². The van der Waals surface area contributed by atoms with Crippen molar-refractivity contribution >= 4 is 39.8 Å². The molecule has 0 atom stereocenters. The lowest BCUT2D eigenvalue weighted by Crippen LogP contribution is -2.43. The molecule has 0 aromatic heterocycles. The average Bonchev–Trinajstić information content (AvgIpc) is 2.84. The van der Waals surface area contributed by atoms with Gasteiger partial charge in [0, 0.05) is 26.4 Å². The molecule has 1 saturated carbocycles. The van der Waals surface area contributed by atoms with Gasteiger partial charge >= 0.3 is 0 Å². The maximum atomic E-state index is 11.1. The molecule has 0 bridgehead atoms. The van der Waals surface area contributed by atoms with Gasteiger partial charge in [-0.25, -0.2) is 8.42 Å². The average molecular weight is 459 g/mol. The molecule has 0 unspecified atom stereocenters. The van der Waals surface area contributed by atoms with Gasteiger partial charge in [-0.1, -0.05) is 26.7 Å². The van der Waals surface area contributed by atoms with E-state index in [0.29, 0.717) is 24.3 Å². The Balaban J connectivity index is 0.00000484. The van der Waals surface area contributed by atoms with Gasteiger partial charge in [0.15, 0.2) is 5.96 Å². The lowest BCUT2D eigenvalue weighted by Gasteiger charge is -2.31. The van der Waals surface area contributed by atoms with Gasteiger partial charge in [-0.15, -0.1) is 24.0 Å². The number of hydrogen-bond acceptors (Lipinski definition) is 3. The molecule has 0 heterocycles. The minimum atomic E-state index is -2.88. The Morgan fingerprint density at radius 2 is 1.83 bits per heavy atom. The molecule has 0 spiro atoms. The summed E-state index contributed by atoms with van der Waals surface area (Å²) in [7, 11) is -1.12. The summed E-state index contributed by atoms with van der Waals surface area (Å²) in [6.07, 6.45) is 8.38. The first-order chi connectivity index (χ1) is 10.3. The number of halogens is 1. The van der Waals surface area contributed by atoms with Crippen molar-refractivity contribution in [3.63, 3.8) is 0 Å². The van der Waals surface area contributed by atoms with Crippen molar-refractivity contribution in [2.45, 2.75) is 52.4 Å². The molecule has 7 heteroatoms. The van der Waals surface area contributed by atoms with Gasteiger partial charge in [-0.2, -0.15) is 0 Å². The van der Waals surface area contributed by atoms with Gasteiger partial charge in [0.1, 0.15) is 9.84 Å². The van der Waals surface area contributed by atoms with Crippen molar-refractivity contribution in [1.82, 2.24) is 10.6 Å². The molecule has 1 aliphatic carbocycles. The van der Waals surface area contributed by atoms with E-state index in [9.17, 15) is 8.42 Å². The van der Waals surface area contributed by atoms with Crippen molar-refractivity contribution in [2.24, 2.45) is 16.3 Å². The first-order valence-corrected chi connectivity index (χ1v) is 10.4. The molecule has 1 fully saturated rings. The highest BCUT2D eigenvalue weighted by Crippen LogP contribution is 2.42. The van der Waals surface area contributed by atoms with Crippen LogP contribution in [0.3, 0.4) is 0 Å². The van der Waals surface area contributed by atoms with E-state index in [4.69, 9.17) is 0 Å². The molecule has 0 amide bonds. The molecular weight excluding hydrogens is 425 g/mol. The third-order valence-corrected chi connectivity index (χ3v) is 5.37. The summed E-state index contributed by atoms with van der Waals surface area (Å²) in [6, 6.07) is 0. The molecule has 1 rings (SSSR count). The summed E-state index contributed by atoms with van der Waals surface area (Å²) in [5.41, 5.74) is 0.401. The number of hydrogen-bond donors (Lipinski definition) is 2. The van der Waals surface area contributed by atoms with Crippen LogP contribution in [-0.2, 0) is 9.84 Å². The van der Waals surface area contributed by atoms with Crippen molar-refractivity contribution in [3.05, 3.63) is 0 Å². The van der Waals surface area contributed by atoms with Crippen LogP contribution in [-0.4, -0.2) is 46.5 Å². The Morgan fingerprint density at radius 3 is 2.30 bits per heavy atom. The van der Waals surface area contributed by atoms with E-state index < -0.39 is 9.84 Å². The number of sulfone groups is 1. The molecular formula is C16H34IN3O2S. The van der Waals surface area contributed by atoms with E-state index in [1.165, 1.54) is 38.4 Å². The fourth-order valence-electron chi connectivity index (χ4n) is 3.48. The summed E-state index contributed by atoms with van der Waals surface area (Å²) >= 11 is 0. The van der Waals surface area contributed by atoms with Crippen LogP contribution in [0.2, 0.25) is 0 Å². The standard InChI is InChI=1S/C16H33N3O2S.HI/c1-14(2)12-16(8-5-6-9-16)13-19-15(17-3)18-10-7-11-22(4,20)21;/h14H,5-13H2,1-4H3,(H2,17,18,19);1H. The van der Waals surface area contributed by atoms with Gasteiger partial charge in [0.05, 0.1) is 5.75 Å². The summed E-state index contributed by atoms with van der Waals surface area (Å²) in [5, 5.41) is 6.66.